The molecule has 0 aliphatic heterocycles. The Morgan fingerprint density at radius 3 is 2.59 bits per heavy atom. The van der Waals surface area contributed by atoms with Crippen molar-refractivity contribution in [3.8, 4) is 0 Å². The van der Waals surface area contributed by atoms with Crippen LogP contribution in [0, 0.1) is 29.1 Å². The summed E-state index contributed by atoms with van der Waals surface area (Å²) in [5.41, 5.74) is 3.00. The summed E-state index contributed by atoms with van der Waals surface area (Å²) >= 11 is 0. The smallest absolute Gasteiger partial charge is 0.0839 e. The summed E-state index contributed by atoms with van der Waals surface area (Å²) in [4.78, 5) is 0. The molecule has 34 heavy (non-hydrogen) atoms. The summed E-state index contributed by atoms with van der Waals surface area (Å²) < 4.78 is 0. The second-order valence-electron chi connectivity index (χ2n) is 12.5. The van der Waals surface area contributed by atoms with Crippen LogP contribution in [0.1, 0.15) is 98.3 Å². The lowest BCUT2D eigenvalue weighted by Gasteiger charge is -2.44. The Balaban J connectivity index is 1.69. The van der Waals surface area contributed by atoms with Crippen LogP contribution in [-0.4, -0.2) is 44.8 Å². The Bertz CT molecular complexity index is 760. The molecule has 3 rings (SSSR count). The van der Waals surface area contributed by atoms with Gasteiger partial charge in [0.25, 0.3) is 0 Å². The van der Waals surface area contributed by atoms with Gasteiger partial charge in [0.05, 0.1) is 17.8 Å². The van der Waals surface area contributed by atoms with Crippen molar-refractivity contribution >= 4 is 0 Å². The maximum Gasteiger partial charge on any atom is 0.0839 e. The van der Waals surface area contributed by atoms with Crippen LogP contribution in [0.15, 0.2) is 35.5 Å². The minimum absolute atomic E-state index is 0.0798. The van der Waals surface area contributed by atoms with Crippen LogP contribution in [0.2, 0.25) is 0 Å². The van der Waals surface area contributed by atoms with Crippen molar-refractivity contribution in [2.45, 2.75) is 116 Å². The fraction of sp³-hybridized carbons (Fsp3) is 0.800. The number of aliphatic hydroxyl groups is 4. The first kappa shape index (κ1) is 27.6. The lowest BCUT2D eigenvalue weighted by molar-refractivity contribution is 0.0112. The van der Waals surface area contributed by atoms with E-state index in [0.717, 1.165) is 36.3 Å². The highest BCUT2D eigenvalue weighted by Crippen LogP contribution is 2.60. The Morgan fingerprint density at radius 1 is 1.18 bits per heavy atom. The van der Waals surface area contributed by atoms with Gasteiger partial charge < -0.3 is 20.4 Å². The molecule has 3 fully saturated rings. The third kappa shape index (κ3) is 6.24. The number of hydrogen-bond acceptors (Lipinski definition) is 4. The number of fused-ring (bicyclic) bond motifs is 1. The molecule has 0 radical (unpaired) electrons. The van der Waals surface area contributed by atoms with Gasteiger partial charge in [-0.25, -0.2) is 0 Å². The van der Waals surface area contributed by atoms with Crippen LogP contribution >= 0.6 is 0 Å². The van der Waals surface area contributed by atoms with E-state index in [2.05, 4.69) is 32.6 Å². The summed E-state index contributed by atoms with van der Waals surface area (Å²) in [5.74, 6) is 1.78. The maximum atomic E-state index is 10.7. The molecule has 3 saturated carbocycles. The van der Waals surface area contributed by atoms with Crippen LogP contribution in [0.4, 0.5) is 0 Å². The molecule has 194 valence electrons. The molecule has 0 aromatic rings. The van der Waals surface area contributed by atoms with Crippen LogP contribution in [0.25, 0.3) is 0 Å². The van der Waals surface area contributed by atoms with Crippen molar-refractivity contribution < 1.29 is 20.4 Å². The highest BCUT2D eigenvalue weighted by molar-refractivity contribution is 5.39. The molecule has 1 unspecified atom stereocenters. The Kier molecular flexibility index (Phi) is 9.28. The Labute approximate surface area is 207 Å². The minimum atomic E-state index is -0.739. The number of allylic oxidation sites excluding steroid dienone is 3. The van der Waals surface area contributed by atoms with Gasteiger partial charge in [-0.05, 0) is 106 Å². The van der Waals surface area contributed by atoms with E-state index < -0.39 is 17.8 Å². The first-order chi connectivity index (χ1) is 16.0. The number of rotatable bonds is 9. The third-order valence-corrected chi connectivity index (χ3v) is 9.47. The summed E-state index contributed by atoms with van der Waals surface area (Å²) in [5, 5.41) is 40.6. The van der Waals surface area contributed by atoms with Gasteiger partial charge in [-0.3, -0.25) is 0 Å². The van der Waals surface area contributed by atoms with Crippen molar-refractivity contribution in [3.63, 3.8) is 0 Å². The quantitative estimate of drug-likeness (QED) is 0.345. The second-order valence-corrected chi connectivity index (χ2v) is 12.5. The van der Waals surface area contributed by atoms with E-state index in [1.165, 1.54) is 37.7 Å². The Morgan fingerprint density at radius 2 is 1.91 bits per heavy atom. The summed E-state index contributed by atoms with van der Waals surface area (Å²) in [7, 11) is 0. The second kappa shape index (κ2) is 11.4. The molecule has 0 spiro atoms. The number of hydrogen-bond donors (Lipinski definition) is 4. The summed E-state index contributed by atoms with van der Waals surface area (Å²) in [6.45, 7) is 13.0. The first-order valence-corrected chi connectivity index (χ1v) is 13.8. The van der Waals surface area contributed by atoms with Gasteiger partial charge in [0.15, 0.2) is 0 Å². The molecule has 0 aromatic heterocycles. The van der Waals surface area contributed by atoms with E-state index in [1.807, 2.05) is 13.8 Å². The summed E-state index contributed by atoms with van der Waals surface area (Å²) in [6.07, 6.45) is 14.2. The van der Waals surface area contributed by atoms with E-state index in [4.69, 9.17) is 5.11 Å². The molecule has 4 nitrogen and oxygen atoms in total. The fourth-order valence-electron chi connectivity index (χ4n) is 7.50. The average Bonchev–Trinajstić information content (AvgIpc) is 3.12. The van der Waals surface area contributed by atoms with Gasteiger partial charge in [0.2, 0.25) is 0 Å². The van der Waals surface area contributed by atoms with Crippen LogP contribution in [0.3, 0.4) is 0 Å². The van der Waals surface area contributed by atoms with Crippen molar-refractivity contribution in [1.82, 2.24) is 0 Å². The van der Waals surface area contributed by atoms with E-state index >= 15 is 0 Å². The van der Waals surface area contributed by atoms with Crippen molar-refractivity contribution in [1.29, 1.82) is 0 Å². The molecular formula is C30H50O4. The molecule has 7 atom stereocenters. The molecule has 0 amide bonds. The zero-order valence-electron chi connectivity index (χ0n) is 22.1. The highest BCUT2D eigenvalue weighted by atomic mass is 16.3. The van der Waals surface area contributed by atoms with Gasteiger partial charge in [0.1, 0.15) is 0 Å². The molecular weight excluding hydrogens is 424 g/mol. The SMILES string of the molecule is C=C1/C(=C\C=C2/CCC[C@]3(C)C([C@H](C)CCCC(C)(C)O)CC[C@@H]23)C[C@@H](O)[C@H](CCCO)[C@@H]1O. The van der Waals surface area contributed by atoms with Crippen LogP contribution in [0.5, 0.6) is 0 Å². The van der Waals surface area contributed by atoms with Gasteiger partial charge in [-0.15, -0.1) is 0 Å². The zero-order chi connectivity index (χ0) is 25.1. The largest absolute Gasteiger partial charge is 0.396 e. The molecule has 0 saturated heterocycles. The predicted molar refractivity (Wildman–Crippen MR) is 139 cm³/mol. The standard InChI is InChI=1S/C30H50O4/c1-20(9-6-16-29(3,4)34)25-14-15-26-22(10-7-17-30(25,26)5)12-13-23-19-27(32)24(11-8-18-31)28(33)21(23)2/h12-13,20,24-28,31-34H,2,6-11,14-19H2,1,3-5H3/b22-12+,23-13-/t20-,24+,25?,26+,27-,28-,30-/m1/s1. The third-order valence-electron chi connectivity index (χ3n) is 9.47. The molecule has 4 N–H and O–H groups in total. The molecule has 4 heteroatoms. The van der Waals surface area contributed by atoms with E-state index in [1.54, 1.807) is 0 Å². The van der Waals surface area contributed by atoms with Crippen molar-refractivity contribution in [2.24, 2.45) is 29.1 Å². The molecule has 0 aromatic carbocycles. The minimum Gasteiger partial charge on any atom is -0.396 e. The topological polar surface area (TPSA) is 80.9 Å². The van der Waals surface area contributed by atoms with Crippen molar-refractivity contribution in [2.75, 3.05) is 6.61 Å². The summed E-state index contributed by atoms with van der Waals surface area (Å²) in [6, 6.07) is 0. The van der Waals surface area contributed by atoms with Crippen LogP contribution < -0.4 is 0 Å². The normalized spacial score (nSPS) is 37.9. The van der Waals surface area contributed by atoms with Gasteiger partial charge in [-0.1, -0.05) is 51.0 Å². The van der Waals surface area contributed by atoms with Gasteiger partial charge in [0, 0.05) is 12.5 Å². The fourth-order valence-corrected chi connectivity index (χ4v) is 7.50. The number of aliphatic hydroxyl groups excluding tert-OH is 3. The van der Waals surface area contributed by atoms with E-state index in [9.17, 15) is 15.3 Å². The zero-order valence-corrected chi connectivity index (χ0v) is 22.1. The van der Waals surface area contributed by atoms with Crippen LogP contribution in [-0.2, 0) is 0 Å². The molecule has 0 heterocycles. The molecule has 3 aliphatic carbocycles. The molecule has 3 aliphatic rings. The average molecular weight is 475 g/mol. The van der Waals surface area contributed by atoms with Gasteiger partial charge >= 0.3 is 0 Å². The first-order valence-electron chi connectivity index (χ1n) is 13.8. The monoisotopic (exact) mass is 474 g/mol. The van der Waals surface area contributed by atoms with E-state index in [-0.39, 0.29) is 12.5 Å². The maximum absolute atomic E-state index is 10.7. The lowest BCUT2D eigenvalue weighted by Crippen LogP contribution is -2.38. The van der Waals surface area contributed by atoms with Gasteiger partial charge in [-0.2, -0.15) is 0 Å². The van der Waals surface area contributed by atoms with E-state index in [0.29, 0.717) is 36.5 Å². The Hall–Kier alpha value is -0.940. The lowest BCUT2D eigenvalue weighted by atomic mass is 9.60. The van der Waals surface area contributed by atoms with Crippen molar-refractivity contribution in [3.05, 3.63) is 35.5 Å². The molecule has 0 bridgehead atoms. The predicted octanol–water partition coefficient (Wildman–Crippen LogP) is 5.70. The highest BCUT2D eigenvalue weighted by Gasteiger charge is 2.50.